The molecule has 0 saturated carbocycles. The third kappa shape index (κ3) is 7.18. The summed E-state index contributed by atoms with van der Waals surface area (Å²) >= 11 is 5.53. The molecular formula is C20H19ClF5N3O2. The van der Waals surface area contributed by atoms with Crippen LogP contribution in [0.25, 0.3) is 0 Å². The lowest BCUT2D eigenvalue weighted by Gasteiger charge is -2.19. The fourth-order valence-electron chi connectivity index (χ4n) is 2.78. The molecule has 31 heavy (non-hydrogen) atoms. The number of nitrogens with one attached hydrogen (secondary N) is 2. The lowest BCUT2D eigenvalue weighted by molar-refractivity contribution is -0.137. The number of benzene rings is 2. The van der Waals surface area contributed by atoms with Crippen molar-refractivity contribution < 1.29 is 31.5 Å². The first-order valence-corrected chi connectivity index (χ1v) is 9.34. The molecule has 0 aliphatic rings. The maximum Gasteiger partial charge on any atom is 0.417 e. The van der Waals surface area contributed by atoms with Crippen LogP contribution in [0.5, 0.6) is 0 Å². The minimum absolute atomic E-state index is 0.0957. The van der Waals surface area contributed by atoms with Crippen LogP contribution in [0, 0.1) is 11.6 Å². The summed E-state index contributed by atoms with van der Waals surface area (Å²) in [7, 11) is 1.45. The van der Waals surface area contributed by atoms with E-state index in [0.717, 1.165) is 12.1 Å². The van der Waals surface area contributed by atoms with E-state index in [2.05, 4.69) is 10.6 Å². The molecule has 0 radical (unpaired) electrons. The van der Waals surface area contributed by atoms with E-state index in [1.807, 2.05) is 0 Å². The standard InChI is InChI=1S/C20H19ClF5N3O2/c1-11(14-5-3-12(22)7-17(14)23)27-18(30)9-29(2)10-19(31)28-13-4-6-16(21)15(8-13)20(24,25)26/h3-8,11H,9-10H2,1-2H3,(H,27,30)(H,28,31). The summed E-state index contributed by atoms with van der Waals surface area (Å²) < 4.78 is 65.5. The van der Waals surface area contributed by atoms with Crippen molar-refractivity contribution in [3.8, 4) is 0 Å². The zero-order valence-electron chi connectivity index (χ0n) is 16.5. The molecule has 168 valence electrons. The van der Waals surface area contributed by atoms with E-state index in [1.165, 1.54) is 31.0 Å². The van der Waals surface area contributed by atoms with Crippen LogP contribution in [-0.2, 0) is 15.8 Å². The Labute approximate surface area is 180 Å². The molecule has 11 heteroatoms. The molecule has 0 saturated heterocycles. The Hall–Kier alpha value is -2.72. The van der Waals surface area contributed by atoms with E-state index < -0.39 is 46.3 Å². The zero-order chi connectivity index (χ0) is 23.3. The number of anilines is 1. The predicted octanol–water partition coefficient (Wildman–Crippen LogP) is 4.38. The first-order chi connectivity index (χ1) is 14.4. The molecule has 2 aromatic carbocycles. The molecule has 1 atom stereocenters. The molecule has 0 aliphatic heterocycles. The number of rotatable bonds is 7. The van der Waals surface area contributed by atoms with Crippen LogP contribution < -0.4 is 10.6 Å². The van der Waals surface area contributed by atoms with Crippen LogP contribution in [-0.4, -0.2) is 36.9 Å². The summed E-state index contributed by atoms with van der Waals surface area (Å²) in [5.74, 6) is -2.73. The van der Waals surface area contributed by atoms with Crippen molar-refractivity contribution in [2.24, 2.45) is 0 Å². The van der Waals surface area contributed by atoms with Crippen molar-refractivity contribution in [1.29, 1.82) is 0 Å². The van der Waals surface area contributed by atoms with Crippen molar-refractivity contribution in [1.82, 2.24) is 10.2 Å². The summed E-state index contributed by atoms with van der Waals surface area (Å²) in [6.45, 7) is 0.978. The van der Waals surface area contributed by atoms with Gasteiger partial charge in [0.2, 0.25) is 11.8 Å². The lowest BCUT2D eigenvalue weighted by atomic mass is 10.1. The van der Waals surface area contributed by atoms with Crippen LogP contribution in [0.2, 0.25) is 5.02 Å². The number of amides is 2. The predicted molar refractivity (Wildman–Crippen MR) is 105 cm³/mol. The van der Waals surface area contributed by atoms with Crippen LogP contribution >= 0.6 is 11.6 Å². The average molecular weight is 464 g/mol. The van der Waals surface area contributed by atoms with Gasteiger partial charge >= 0.3 is 6.18 Å². The molecule has 2 amide bonds. The van der Waals surface area contributed by atoms with Crippen molar-refractivity contribution in [2.45, 2.75) is 19.1 Å². The number of likely N-dealkylation sites (N-methyl/N-ethyl adjacent to an activating group) is 1. The Morgan fingerprint density at radius 3 is 2.32 bits per heavy atom. The SMILES string of the molecule is CC(NC(=O)CN(C)CC(=O)Nc1ccc(Cl)c(C(F)(F)F)c1)c1ccc(F)cc1F. The molecule has 0 aromatic heterocycles. The summed E-state index contributed by atoms with van der Waals surface area (Å²) in [6.07, 6.45) is -4.67. The number of carbonyl (C=O) groups excluding carboxylic acids is 2. The first kappa shape index (κ1) is 24.5. The number of halogens is 6. The number of hydrogen-bond donors (Lipinski definition) is 2. The molecule has 0 bridgehead atoms. The normalized spacial score (nSPS) is 12.5. The highest BCUT2D eigenvalue weighted by Crippen LogP contribution is 2.36. The molecule has 2 N–H and O–H groups in total. The van der Waals surface area contributed by atoms with Gasteiger partial charge in [-0.05, 0) is 38.2 Å². The van der Waals surface area contributed by atoms with Crippen molar-refractivity contribution >= 4 is 29.1 Å². The number of hydrogen-bond acceptors (Lipinski definition) is 3. The molecule has 0 spiro atoms. The molecule has 0 heterocycles. The minimum atomic E-state index is -4.67. The van der Waals surface area contributed by atoms with E-state index in [-0.39, 0.29) is 24.3 Å². The largest absolute Gasteiger partial charge is 0.417 e. The molecule has 5 nitrogen and oxygen atoms in total. The van der Waals surface area contributed by atoms with Gasteiger partial charge in [-0.3, -0.25) is 14.5 Å². The maximum absolute atomic E-state index is 13.8. The van der Waals surface area contributed by atoms with Gasteiger partial charge in [0.15, 0.2) is 0 Å². The van der Waals surface area contributed by atoms with Crippen LogP contribution in [0.15, 0.2) is 36.4 Å². The average Bonchev–Trinajstić information content (AvgIpc) is 2.61. The van der Waals surface area contributed by atoms with Gasteiger partial charge in [-0.25, -0.2) is 8.78 Å². The van der Waals surface area contributed by atoms with Gasteiger partial charge < -0.3 is 10.6 Å². The second-order valence-electron chi connectivity index (χ2n) is 6.87. The number of alkyl halides is 3. The molecule has 0 aliphatic carbocycles. The van der Waals surface area contributed by atoms with Crippen molar-refractivity contribution in [2.75, 3.05) is 25.5 Å². The number of carbonyl (C=O) groups is 2. The van der Waals surface area contributed by atoms with E-state index in [4.69, 9.17) is 11.6 Å². The molecule has 2 rings (SSSR count). The quantitative estimate of drug-likeness (QED) is 0.599. The Bertz CT molecular complexity index is 968. The Balaban J connectivity index is 1.89. The van der Waals surface area contributed by atoms with E-state index in [9.17, 15) is 31.5 Å². The Kier molecular flexibility index (Phi) is 7.96. The second-order valence-corrected chi connectivity index (χ2v) is 7.28. The first-order valence-electron chi connectivity index (χ1n) is 8.96. The van der Waals surface area contributed by atoms with Gasteiger partial charge in [0.25, 0.3) is 0 Å². The molecule has 1 unspecified atom stereocenters. The van der Waals surface area contributed by atoms with Crippen LogP contribution in [0.3, 0.4) is 0 Å². The van der Waals surface area contributed by atoms with E-state index in [0.29, 0.717) is 12.1 Å². The van der Waals surface area contributed by atoms with Crippen molar-refractivity contribution in [3.05, 3.63) is 64.2 Å². The molecule has 2 aromatic rings. The smallest absolute Gasteiger partial charge is 0.348 e. The summed E-state index contributed by atoms with van der Waals surface area (Å²) in [6, 6.07) is 5.20. The monoisotopic (exact) mass is 463 g/mol. The zero-order valence-corrected chi connectivity index (χ0v) is 17.2. The van der Waals surface area contributed by atoms with Gasteiger partial charge in [-0.2, -0.15) is 13.2 Å². The lowest BCUT2D eigenvalue weighted by Crippen LogP contribution is -2.39. The fourth-order valence-corrected chi connectivity index (χ4v) is 3.01. The Morgan fingerprint density at radius 1 is 1.06 bits per heavy atom. The highest BCUT2D eigenvalue weighted by atomic mass is 35.5. The fraction of sp³-hybridized carbons (Fsp3) is 0.300. The van der Waals surface area contributed by atoms with Crippen molar-refractivity contribution in [3.63, 3.8) is 0 Å². The third-order valence-corrected chi connectivity index (χ3v) is 4.52. The van der Waals surface area contributed by atoms with Crippen LogP contribution in [0.1, 0.15) is 24.1 Å². The van der Waals surface area contributed by atoms with Gasteiger partial charge in [0.1, 0.15) is 11.6 Å². The highest BCUT2D eigenvalue weighted by Gasteiger charge is 2.33. The summed E-state index contributed by atoms with van der Waals surface area (Å²) in [5, 5.41) is 4.34. The van der Waals surface area contributed by atoms with Gasteiger partial charge in [0.05, 0.1) is 29.7 Å². The second kappa shape index (κ2) is 10.1. The summed E-state index contributed by atoms with van der Waals surface area (Å²) in [5.41, 5.74) is -1.08. The van der Waals surface area contributed by atoms with Crippen LogP contribution in [0.4, 0.5) is 27.6 Å². The summed E-state index contributed by atoms with van der Waals surface area (Å²) in [4.78, 5) is 25.5. The molecular weight excluding hydrogens is 445 g/mol. The van der Waals surface area contributed by atoms with Gasteiger partial charge in [-0.15, -0.1) is 0 Å². The number of nitrogens with zero attached hydrogens (tertiary/aromatic N) is 1. The topological polar surface area (TPSA) is 61.4 Å². The highest BCUT2D eigenvalue weighted by molar-refractivity contribution is 6.31. The van der Waals surface area contributed by atoms with E-state index >= 15 is 0 Å². The molecule has 0 fully saturated rings. The van der Waals surface area contributed by atoms with Gasteiger partial charge in [0, 0.05) is 17.3 Å². The third-order valence-electron chi connectivity index (χ3n) is 4.19. The van der Waals surface area contributed by atoms with Gasteiger partial charge in [-0.1, -0.05) is 17.7 Å². The van der Waals surface area contributed by atoms with E-state index in [1.54, 1.807) is 0 Å². The minimum Gasteiger partial charge on any atom is -0.348 e. The maximum atomic E-state index is 13.8. The Morgan fingerprint density at radius 2 is 1.71 bits per heavy atom.